The van der Waals surface area contributed by atoms with E-state index in [-0.39, 0.29) is 17.7 Å². The van der Waals surface area contributed by atoms with Gasteiger partial charge in [0.1, 0.15) is 11.7 Å². The molecule has 7 heteroatoms. The molecule has 0 aromatic carbocycles. The molecule has 33 heavy (non-hydrogen) atoms. The molecule has 0 bridgehead atoms. The lowest BCUT2D eigenvalue weighted by Crippen LogP contribution is -2.55. The molecule has 6 rings (SSSR count). The molecule has 1 aliphatic carbocycles. The summed E-state index contributed by atoms with van der Waals surface area (Å²) in [7, 11) is 0. The normalized spacial score (nSPS) is 31.4. The Balaban J connectivity index is 1.33. The van der Waals surface area contributed by atoms with Crippen molar-refractivity contribution in [2.24, 2.45) is 11.8 Å². The van der Waals surface area contributed by atoms with Crippen molar-refractivity contribution in [1.82, 2.24) is 20.0 Å². The molecule has 3 unspecified atom stereocenters. The Hall–Kier alpha value is -2.64. The van der Waals surface area contributed by atoms with E-state index in [9.17, 15) is 9.59 Å². The number of carbonyl (C=O) groups is 2. The first kappa shape index (κ1) is 20.9. The van der Waals surface area contributed by atoms with Crippen LogP contribution in [0.15, 0.2) is 59.1 Å². The zero-order chi connectivity index (χ0) is 22.5. The number of rotatable bonds is 3. The molecule has 5 heterocycles. The number of fused-ring (bicyclic) bond motifs is 3. The SMILES string of the molecule is CC(NC(=O)C1=CC2CCCN3CCC4=C([C@H]23)N1C1=CC=CC=CC14)C(=O)N1CCOCC1. The summed E-state index contributed by atoms with van der Waals surface area (Å²) in [5.74, 6) is 0.368. The van der Waals surface area contributed by atoms with Gasteiger partial charge < -0.3 is 19.9 Å². The lowest BCUT2D eigenvalue weighted by molar-refractivity contribution is -0.139. The Kier molecular flexibility index (Phi) is 5.26. The molecule has 0 radical (unpaired) electrons. The van der Waals surface area contributed by atoms with E-state index >= 15 is 0 Å². The summed E-state index contributed by atoms with van der Waals surface area (Å²) >= 11 is 0. The van der Waals surface area contributed by atoms with Crippen LogP contribution in [0.3, 0.4) is 0 Å². The van der Waals surface area contributed by atoms with Crippen molar-refractivity contribution in [2.45, 2.75) is 38.3 Å². The van der Waals surface area contributed by atoms with Gasteiger partial charge in [-0.25, -0.2) is 0 Å². The van der Waals surface area contributed by atoms with Gasteiger partial charge in [-0.05, 0) is 50.5 Å². The molecule has 2 fully saturated rings. The average molecular weight is 449 g/mol. The van der Waals surface area contributed by atoms with Gasteiger partial charge in [-0.1, -0.05) is 24.3 Å². The van der Waals surface area contributed by atoms with Crippen LogP contribution in [0, 0.1) is 11.8 Å². The Morgan fingerprint density at radius 2 is 1.97 bits per heavy atom. The maximum atomic E-state index is 13.7. The van der Waals surface area contributed by atoms with Crippen LogP contribution >= 0.6 is 0 Å². The van der Waals surface area contributed by atoms with Crippen LogP contribution in [0.2, 0.25) is 0 Å². The monoisotopic (exact) mass is 448 g/mol. The maximum Gasteiger partial charge on any atom is 0.268 e. The van der Waals surface area contributed by atoms with Crippen LogP contribution in [0.4, 0.5) is 0 Å². The second-order valence-corrected chi connectivity index (χ2v) is 9.81. The van der Waals surface area contributed by atoms with E-state index in [1.54, 1.807) is 11.8 Å². The zero-order valence-electron chi connectivity index (χ0n) is 19.2. The minimum Gasteiger partial charge on any atom is -0.378 e. The quantitative estimate of drug-likeness (QED) is 0.715. The molecule has 0 aromatic rings. The molecule has 4 atom stereocenters. The van der Waals surface area contributed by atoms with Gasteiger partial charge in [0.05, 0.1) is 19.3 Å². The summed E-state index contributed by atoms with van der Waals surface area (Å²) in [6.07, 6.45) is 16.2. The Labute approximate surface area is 195 Å². The fourth-order valence-corrected chi connectivity index (χ4v) is 6.43. The number of morpholine rings is 1. The molecule has 2 amide bonds. The molecule has 7 nitrogen and oxygen atoms in total. The summed E-state index contributed by atoms with van der Waals surface area (Å²) in [5.41, 5.74) is 4.63. The van der Waals surface area contributed by atoms with Crippen LogP contribution in [0.1, 0.15) is 26.2 Å². The van der Waals surface area contributed by atoms with E-state index in [0.29, 0.717) is 44.0 Å². The van der Waals surface area contributed by atoms with E-state index in [1.165, 1.54) is 11.3 Å². The molecule has 1 N–H and O–H groups in total. The third kappa shape index (κ3) is 3.40. The molecule has 0 saturated carbocycles. The fourth-order valence-electron chi connectivity index (χ4n) is 6.43. The summed E-state index contributed by atoms with van der Waals surface area (Å²) < 4.78 is 5.36. The predicted octanol–water partition coefficient (Wildman–Crippen LogP) is 1.93. The second-order valence-electron chi connectivity index (χ2n) is 9.81. The summed E-state index contributed by atoms with van der Waals surface area (Å²) in [6, 6.07) is -0.213. The average Bonchev–Trinajstić information content (AvgIpc) is 2.98. The second kappa shape index (κ2) is 8.29. The van der Waals surface area contributed by atoms with Crippen molar-refractivity contribution in [1.29, 1.82) is 0 Å². The highest BCUT2D eigenvalue weighted by Gasteiger charge is 2.50. The van der Waals surface area contributed by atoms with Crippen molar-refractivity contribution < 1.29 is 14.3 Å². The highest BCUT2D eigenvalue weighted by atomic mass is 16.5. The first-order valence-electron chi connectivity index (χ1n) is 12.3. The molecule has 6 aliphatic rings. The number of ether oxygens (including phenoxy) is 1. The van der Waals surface area contributed by atoms with Crippen LogP contribution in [0.25, 0.3) is 0 Å². The van der Waals surface area contributed by atoms with E-state index in [2.05, 4.69) is 51.6 Å². The Morgan fingerprint density at radius 3 is 2.82 bits per heavy atom. The number of carbonyl (C=O) groups excluding carboxylic acids is 2. The standard InChI is InChI=1S/C26H32N4O3/c1-17(26(32)29-12-14-33-15-13-29)27-25(31)22-16-18-6-5-10-28-11-9-20-19-7-3-2-4-8-21(19)30(22)24(20)23(18)28/h2-4,7-8,16-19,23H,5-6,9-15H2,1H3,(H,27,31)/t17?,18?,19?,23-/m0/s1. The smallest absolute Gasteiger partial charge is 0.268 e. The van der Waals surface area contributed by atoms with Gasteiger partial charge in [-0.2, -0.15) is 0 Å². The minimum atomic E-state index is -0.571. The van der Waals surface area contributed by atoms with Gasteiger partial charge in [0.15, 0.2) is 0 Å². The van der Waals surface area contributed by atoms with Crippen LogP contribution in [-0.2, 0) is 14.3 Å². The first-order valence-corrected chi connectivity index (χ1v) is 12.3. The lowest BCUT2D eigenvalue weighted by Gasteiger charge is -2.49. The summed E-state index contributed by atoms with van der Waals surface area (Å²) in [5, 5.41) is 3.03. The fraction of sp³-hybridized carbons (Fsp3) is 0.538. The molecule has 5 aliphatic heterocycles. The van der Waals surface area contributed by atoms with Crippen LogP contribution in [-0.4, -0.2) is 78.0 Å². The molecular formula is C26H32N4O3. The van der Waals surface area contributed by atoms with Crippen molar-refractivity contribution in [2.75, 3.05) is 39.4 Å². The zero-order valence-corrected chi connectivity index (χ0v) is 19.2. The summed E-state index contributed by atoms with van der Waals surface area (Å²) in [6.45, 7) is 6.29. The van der Waals surface area contributed by atoms with Gasteiger partial charge in [0.25, 0.3) is 5.91 Å². The Morgan fingerprint density at radius 1 is 1.12 bits per heavy atom. The van der Waals surface area contributed by atoms with Gasteiger partial charge >= 0.3 is 0 Å². The summed E-state index contributed by atoms with van der Waals surface area (Å²) in [4.78, 5) is 33.2. The van der Waals surface area contributed by atoms with Gasteiger partial charge in [-0.15, -0.1) is 0 Å². The van der Waals surface area contributed by atoms with Gasteiger partial charge in [-0.3, -0.25) is 14.5 Å². The van der Waals surface area contributed by atoms with Crippen molar-refractivity contribution in [3.05, 3.63) is 59.1 Å². The van der Waals surface area contributed by atoms with E-state index in [0.717, 1.165) is 38.0 Å². The van der Waals surface area contributed by atoms with E-state index in [4.69, 9.17) is 4.74 Å². The van der Waals surface area contributed by atoms with Gasteiger partial charge in [0.2, 0.25) is 5.91 Å². The highest BCUT2D eigenvalue weighted by Crippen LogP contribution is 2.52. The molecular weight excluding hydrogens is 416 g/mol. The number of piperidine rings is 1. The predicted molar refractivity (Wildman–Crippen MR) is 125 cm³/mol. The number of amides is 2. The Bertz CT molecular complexity index is 1020. The van der Waals surface area contributed by atoms with Gasteiger partial charge in [0, 0.05) is 42.9 Å². The maximum absolute atomic E-state index is 13.7. The van der Waals surface area contributed by atoms with Crippen LogP contribution < -0.4 is 5.32 Å². The third-order valence-corrected chi connectivity index (χ3v) is 7.93. The number of allylic oxidation sites excluding steroid dienone is 5. The number of hydrogen-bond donors (Lipinski definition) is 1. The topological polar surface area (TPSA) is 65.1 Å². The van der Waals surface area contributed by atoms with E-state index in [1.807, 2.05) is 0 Å². The number of hydrogen-bond acceptors (Lipinski definition) is 5. The number of nitrogens with zero attached hydrogens (tertiary/aromatic N) is 3. The minimum absolute atomic E-state index is 0.0406. The molecule has 0 spiro atoms. The van der Waals surface area contributed by atoms with Crippen molar-refractivity contribution in [3.8, 4) is 0 Å². The van der Waals surface area contributed by atoms with Crippen molar-refractivity contribution >= 4 is 11.8 Å². The molecule has 2 saturated heterocycles. The van der Waals surface area contributed by atoms with E-state index < -0.39 is 6.04 Å². The highest BCUT2D eigenvalue weighted by molar-refractivity contribution is 5.97. The molecule has 0 aromatic heterocycles. The largest absolute Gasteiger partial charge is 0.378 e. The van der Waals surface area contributed by atoms with Crippen molar-refractivity contribution in [3.63, 3.8) is 0 Å². The molecule has 174 valence electrons. The van der Waals surface area contributed by atoms with Crippen LogP contribution in [0.5, 0.6) is 0 Å². The first-order chi connectivity index (χ1) is 16.1. The third-order valence-electron chi connectivity index (χ3n) is 7.93. The lowest BCUT2D eigenvalue weighted by atomic mass is 9.79. The number of nitrogens with one attached hydrogen (secondary N) is 1.